The van der Waals surface area contributed by atoms with Gasteiger partial charge in [-0.15, -0.1) is 0 Å². The zero-order chi connectivity index (χ0) is 22.5. The first-order valence-electron chi connectivity index (χ1n) is 9.55. The Morgan fingerprint density at radius 2 is 1.87 bits per heavy atom. The zero-order valence-electron chi connectivity index (χ0n) is 17.1. The molecule has 3 rings (SSSR count). The van der Waals surface area contributed by atoms with Crippen LogP contribution < -0.4 is 4.74 Å². The molecule has 9 nitrogen and oxygen atoms in total. The highest BCUT2D eigenvalue weighted by atomic mass is 16.6. The summed E-state index contributed by atoms with van der Waals surface area (Å²) in [7, 11) is 3.03. The fourth-order valence-corrected chi connectivity index (χ4v) is 3.55. The SMILES string of the molecule is COCCCN1C(=O)C(=O)C(=C(O)c2ccc(OC)cc2)C1c1cccc([N+](=O)[O-])c1. The third-order valence-electron chi connectivity index (χ3n) is 5.05. The molecule has 0 bridgehead atoms. The van der Waals surface area contributed by atoms with Gasteiger partial charge >= 0.3 is 0 Å². The van der Waals surface area contributed by atoms with Crippen LogP contribution in [0.15, 0.2) is 54.1 Å². The minimum atomic E-state index is -0.959. The number of nitrogens with zero attached hydrogens (tertiary/aromatic N) is 2. The minimum absolute atomic E-state index is 0.118. The summed E-state index contributed by atoms with van der Waals surface area (Å²) < 4.78 is 10.1. The Balaban J connectivity index is 2.14. The third kappa shape index (κ3) is 4.41. The lowest BCUT2D eigenvalue weighted by atomic mass is 9.95. The van der Waals surface area contributed by atoms with Gasteiger partial charge in [0.05, 0.1) is 23.6 Å². The van der Waals surface area contributed by atoms with Gasteiger partial charge in [0.25, 0.3) is 17.4 Å². The molecule has 1 aliphatic rings. The summed E-state index contributed by atoms with van der Waals surface area (Å²) in [6.07, 6.45) is 0.456. The van der Waals surface area contributed by atoms with Gasteiger partial charge in [0.2, 0.25) is 0 Å². The molecule has 0 aliphatic carbocycles. The maximum absolute atomic E-state index is 12.9. The predicted octanol–water partition coefficient (Wildman–Crippen LogP) is 3.06. The Kier molecular flexibility index (Phi) is 6.66. The summed E-state index contributed by atoms with van der Waals surface area (Å²) in [4.78, 5) is 37.7. The van der Waals surface area contributed by atoms with Gasteiger partial charge in [0, 0.05) is 38.0 Å². The summed E-state index contributed by atoms with van der Waals surface area (Å²) in [5.74, 6) is -1.41. The van der Waals surface area contributed by atoms with Gasteiger partial charge in [-0.1, -0.05) is 12.1 Å². The van der Waals surface area contributed by atoms with Crippen molar-refractivity contribution in [1.82, 2.24) is 4.90 Å². The molecule has 0 radical (unpaired) electrons. The van der Waals surface area contributed by atoms with Crippen LogP contribution in [0.2, 0.25) is 0 Å². The average Bonchev–Trinajstić information content (AvgIpc) is 3.04. The van der Waals surface area contributed by atoms with Crippen molar-refractivity contribution in [3.05, 3.63) is 75.3 Å². The molecule has 0 saturated carbocycles. The number of hydrogen-bond acceptors (Lipinski definition) is 7. The van der Waals surface area contributed by atoms with Crippen LogP contribution in [-0.2, 0) is 14.3 Å². The van der Waals surface area contributed by atoms with Crippen LogP contribution in [0.25, 0.3) is 5.76 Å². The third-order valence-corrected chi connectivity index (χ3v) is 5.05. The number of ketones is 1. The average molecular weight is 426 g/mol. The van der Waals surface area contributed by atoms with Gasteiger partial charge in [-0.2, -0.15) is 0 Å². The molecule has 1 amide bonds. The largest absolute Gasteiger partial charge is 0.507 e. The molecular formula is C22H22N2O7. The summed E-state index contributed by atoms with van der Waals surface area (Å²) in [6.45, 7) is 0.550. The standard InChI is InChI=1S/C22H22N2O7/c1-30-12-4-11-23-19(15-5-3-6-16(13-15)24(28)29)18(21(26)22(23)27)20(25)14-7-9-17(31-2)10-8-14/h3,5-10,13,19,25H,4,11-12H2,1-2H3. The highest BCUT2D eigenvalue weighted by molar-refractivity contribution is 6.46. The molecule has 1 unspecified atom stereocenters. The lowest BCUT2D eigenvalue weighted by molar-refractivity contribution is -0.384. The highest BCUT2D eigenvalue weighted by Gasteiger charge is 2.46. The quantitative estimate of drug-likeness (QED) is 0.172. The van der Waals surface area contributed by atoms with Crippen molar-refractivity contribution < 1.29 is 29.1 Å². The lowest BCUT2D eigenvalue weighted by Gasteiger charge is -2.25. The number of methoxy groups -OCH3 is 2. The van der Waals surface area contributed by atoms with Crippen LogP contribution >= 0.6 is 0 Å². The number of nitro benzene ring substituents is 1. The molecule has 1 atom stereocenters. The number of carbonyl (C=O) groups is 2. The summed E-state index contributed by atoms with van der Waals surface area (Å²) >= 11 is 0. The monoisotopic (exact) mass is 426 g/mol. The van der Waals surface area contributed by atoms with E-state index in [1.807, 2.05) is 0 Å². The van der Waals surface area contributed by atoms with E-state index in [1.54, 1.807) is 30.3 Å². The number of carbonyl (C=O) groups excluding carboxylic acids is 2. The molecule has 1 heterocycles. The molecular weight excluding hydrogens is 404 g/mol. The summed E-state index contributed by atoms with van der Waals surface area (Å²) in [5, 5.41) is 22.2. The second-order valence-corrected chi connectivity index (χ2v) is 6.92. The number of rotatable bonds is 8. The van der Waals surface area contributed by atoms with E-state index in [0.29, 0.717) is 29.9 Å². The molecule has 1 saturated heterocycles. The van der Waals surface area contributed by atoms with Crippen LogP contribution in [-0.4, -0.2) is 54.0 Å². The van der Waals surface area contributed by atoms with Crippen molar-refractivity contribution in [3.63, 3.8) is 0 Å². The van der Waals surface area contributed by atoms with Crippen molar-refractivity contribution in [2.75, 3.05) is 27.4 Å². The number of non-ortho nitro benzene ring substituents is 1. The van der Waals surface area contributed by atoms with E-state index in [1.165, 1.54) is 37.3 Å². The van der Waals surface area contributed by atoms with Crippen LogP contribution in [0.1, 0.15) is 23.6 Å². The number of ether oxygens (including phenoxy) is 2. The Hall–Kier alpha value is -3.72. The first kappa shape index (κ1) is 22.0. The number of aliphatic hydroxyl groups is 1. The lowest BCUT2D eigenvalue weighted by Crippen LogP contribution is -2.31. The molecule has 0 spiro atoms. The van der Waals surface area contributed by atoms with Crippen molar-refractivity contribution in [1.29, 1.82) is 0 Å². The summed E-state index contributed by atoms with van der Waals surface area (Å²) in [6, 6.07) is 11.1. The van der Waals surface area contributed by atoms with E-state index in [-0.39, 0.29) is 23.6 Å². The van der Waals surface area contributed by atoms with E-state index in [0.717, 1.165) is 0 Å². The van der Waals surface area contributed by atoms with Crippen LogP contribution in [0.5, 0.6) is 5.75 Å². The fraction of sp³-hybridized carbons (Fsp3) is 0.273. The topological polar surface area (TPSA) is 119 Å². The van der Waals surface area contributed by atoms with Gasteiger partial charge < -0.3 is 19.5 Å². The van der Waals surface area contributed by atoms with Crippen molar-refractivity contribution >= 4 is 23.1 Å². The second kappa shape index (κ2) is 9.40. The molecule has 1 aliphatic heterocycles. The number of nitro groups is 1. The second-order valence-electron chi connectivity index (χ2n) is 6.92. The number of Topliss-reactive ketones (excluding diaryl/α,β-unsaturated/α-hetero) is 1. The van der Waals surface area contributed by atoms with Gasteiger partial charge in [-0.05, 0) is 36.2 Å². The number of aliphatic hydroxyl groups excluding tert-OH is 1. The van der Waals surface area contributed by atoms with E-state index in [2.05, 4.69) is 0 Å². The number of amides is 1. The van der Waals surface area contributed by atoms with E-state index in [9.17, 15) is 24.8 Å². The maximum Gasteiger partial charge on any atom is 0.295 e. The van der Waals surface area contributed by atoms with Gasteiger partial charge in [0.15, 0.2) is 0 Å². The highest BCUT2D eigenvalue weighted by Crippen LogP contribution is 2.40. The molecule has 0 aromatic heterocycles. The van der Waals surface area contributed by atoms with Gasteiger partial charge in [-0.3, -0.25) is 19.7 Å². The van der Waals surface area contributed by atoms with Crippen molar-refractivity contribution in [2.24, 2.45) is 0 Å². The Morgan fingerprint density at radius 1 is 1.16 bits per heavy atom. The molecule has 2 aromatic rings. The molecule has 162 valence electrons. The minimum Gasteiger partial charge on any atom is -0.507 e. The van der Waals surface area contributed by atoms with Crippen molar-refractivity contribution in [2.45, 2.75) is 12.5 Å². The van der Waals surface area contributed by atoms with E-state index >= 15 is 0 Å². The van der Waals surface area contributed by atoms with Gasteiger partial charge in [0.1, 0.15) is 11.5 Å². The Bertz CT molecular complexity index is 1030. The first-order chi connectivity index (χ1) is 14.9. The summed E-state index contributed by atoms with van der Waals surface area (Å²) in [5.41, 5.74) is 0.393. The normalized spacial score (nSPS) is 17.7. The fourth-order valence-electron chi connectivity index (χ4n) is 3.55. The maximum atomic E-state index is 12.9. The van der Waals surface area contributed by atoms with Crippen LogP contribution in [0.3, 0.4) is 0 Å². The van der Waals surface area contributed by atoms with Crippen molar-refractivity contribution in [3.8, 4) is 5.75 Å². The predicted molar refractivity (Wildman–Crippen MR) is 112 cm³/mol. The Labute approximate surface area is 178 Å². The molecule has 9 heteroatoms. The van der Waals surface area contributed by atoms with Crippen LogP contribution in [0, 0.1) is 10.1 Å². The first-order valence-corrected chi connectivity index (χ1v) is 9.55. The molecule has 2 aromatic carbocycles. The molecule has 31 heavy (non-hydrogen) atoms. The van der Waals surface area contributed by atoms with Crippen LogP contribution in [0.4, 0.5) is 5.69 Å². The number of likely N-dealkylation sites (tertiary alicyclic amines) is 1. The number of benzene rings is 2. The molecule has 1 N–H and O–H groups in total. The number of hydrogen-bond donors (Lipinski definition) is 1. The zero-order valence-corrected chi connectivity index (χ0v) is 17.1. The Morgan fingerprint density at radius 3 is 2.48 bits per heavy atom. The van der Waals surface area contributed by atoms with Gasteiger partial charge in [-0.25, -0.2) is 0 Å². The smallest absolute Gasteiger partial charge is 0.295 e. The van der Waals surface area contributed by atoms with E-state index in [4.69, 9.17) is 9.47 Å². The van der Waals surface area contributed by atoms with E-state index < -0.39 is 22.7 Å². The molecule has 1 fully saturated rings.